The highest BCUT2D eigenvalue weighted by Crippen LogP contribution is 2.16. The van der Waals surface area contributed by atoms with Crippen LogP contribution in [0.25, 0.3) is 0 Å². The van der Waals surface area contributed by atoms with Gasteiger partial charge in [0, 0.05) is 24.8 Å². The predicted octanol–water partition coefficient (Wildman–Crippen LogP) is 2.92. The van der Waals surface area contributed by atoms with Crippen molar-refractivity contribution in [2.75, 3.05) is 5.32 Å². The van der Waals surface area contributed by atoms with Crippen LogP contribution in [0.5, 0.6) is 0 Å². The summed E-state index contributed by atoms with van der Waals surface area (Å²) in [6.45, 7) is 3.48. The molecule has 0 fully saturated rings. The lowest BCUT2D eigenvalue weighted by molar-refractivity contribution is 0.602. The molecule has 0 saturated heterocycles. The van der Waals surface area contributed by atoms with Crippen LogP contribution in [0, 0.1) is 17.1 Å². The molecule has 19 heavy (non-hydrogen) atoms. The summed E-state index contributed by atoms with van der Waals surface area (Å²) >= 11 is 0. The second-order valence-corrected chi connectivity index (χ2v) is 4.27. The first-order chi connectivity index (χ1) is 9.22. The van der Waals surface area contributed by atoms with Crippen LogP contribution in [0.15, 0.2) is 30.6 Å². The quantitative estimate of drug-likeness (QED) is 0.897. The molecule has 5 heteroatoms. The van der Waals surface area contributed by atoms with E-state index in [4.69, 9.17) is 5.26 Å². The Bertz CT molecular complexity index is 598. The first-order valence-corrected chi connectivity index (χ1v) is 6.17. The number of halogens is 1. The van der Waals surface area contributed by atoms with Crippen LogP contribution in [-0.4, -0.2) is 9.78 Å². The number of aryl methyl sites for hydroxylation is 1. The van der Waals surface area contributed by atoms with Crippen molar-refractivity contribution >= 4 is 5.69 Å². The van der Waals surface area contributed by atoms with Gasteiger partial charge < -0.3 is 5.32 Å². The van der Waals surface area contributed by atoms with Crippen LogP contribution in [0.4, 0.5) is 10.1 Å². The molecule has 2 aromatic rings. The standard InChI is InChI=1S/C14H15FN4/c1-2-5-19-10-12(9-18-19)8-17-14-4-3-11(7-16)6-13(14)15/h3-4,6,9-10,17H,2,5,8H2,1H3. The molecule has 0 bridgehead atoms. The van der Waals surface area contributed by atoms with Gasteiger partial charge in [-0.15, -0.1) is 0 Å². The maximum atomic E-state index is 13.6. The summed E-state index contributed by atoms with van der Waals surface area (Å²) in [6.07, 6.45) is 4.74. The molecule has 4 nitrogen and oxygen atoms in total. The minimum atomic E-state index is -0.417. The summed E-state index contributed by atoms with van der Waals surface area (Å²) in [5, 5.41) is 15.9. The second-order valence-electron chi connectivity index (χ2n) is 4.27. The fraction of sp³-hybridized carbons (Fsp3) is 0.286. The highest BCUT2D eigenvalue weighted by Gasteiger charge is 2.04. The highest BCUT2D eigenvalue weighted by molar-refractivity contribution is 5.49. The Labute approximate surface area is 111 Å². The molecule has 0 spiro atoms. The lowest BCUT2D eigenvalue weighted by Crippen LogP contribution is -2.01. The van der Waals surface area contributed by atoms with Gasteiger partial charge in [0.25, 0.3) is 0 Å². The van der Waals surface area contributed by atoms with E-state index in [0.717, 1.165) is 18.5 Å². The van der Waals surface area contributed by atoms with Crippen molar-refractivity contribution < 1.29 is 4.39 Å². The molecule has 0 unspecified atom stereocenters. The Morgan fingerprint density at radius 1 is 1.47 bits per heavy atom. The van der Waals surface area contributed by atoms with Gasteiger partial charge in [-0.25, -0.2) is 4.39 Å². The molecule has 0 aliphatic rings. The summed E-state index contributed by atoms with van der Waals surface area (Å²) < 4.78 is 15.5. The zero-order valence-corrected chi connectivity index (χ0v) is 10.7. The number of rotatable bonds is 5. The van der Waals surface area contributed by atoms with Crippen molar-refractivity contribution in [1.82, 2.24) is 9.78 Å². The maximum absolute atomic E-state index is 13.6. The van der Waals surface area contributed by atoms with Crippen molar-refractivity contribution in [3.8, 4) is 6.07 Å². The molecule has 0 aliphatic heterocycles. The lowest BCUT2D eigenvalue weighted by atomic mass is 10.2. The average molecular weight is 258 g/mol. The van der Waals surface area contributed by atoms with Crippen LogP contribution in [-0.2, 0) is 13.1 Å². The van der Waals surface area contributed by atoms with E-state index in [1.807, 2.05) is 16.9 Å². The Kier molecular flexibility index (Phi) is 4.14. The van der Waals surface area contributed by atoms with Gasteiger partial charge in [0.05, 0.1) is 23.5 Å². The molecule has 98 valence electrons. The Balaban J connectivity index is 2.00. The van der Waals surface area contributed by atoms with E-state index in [9.17, 15) is 4.39 Å². The van der Waals surface area contributed by atoms with Crippen LogP contribution >= 0.6 is 0 Å². The molecule has 0 aliphatic carbocycles. The van der Waals surface area contributed by atoms with Gasteiger partial charge in [-0.2, -0.15) is 10.4 Å². The summed E-state index contributed by atoms with van der Waals surface area (Å²) in [5.41, 5.74) is 1.71. The van der Waals surface area contributed by atoms with Gasteiger partial charge in [-0.05, 0) is 24.6 Å². The van der Waals surface area contributed by atoms with E-state index in [1.54, 1.807) is 18.3 Å². The minimum Gasteiger partial charge on any atom is -0.378 e. The summed E-state index contributed by atoms with van der Waals surface area (Å²) in [4.78, 5) is 0. The second kappa shape index (κ2) is 6.01. The molecule has 1 heterocycles. The average Bonchev–Trinajstić information content (AvgIpc) is 2.85. The van der Waals surface area contributed by atoms with Gasteiger partial charge in [0.2, 0.25) is 0 Å². The molecular formula is C14H15FN4. The third-order valence-corrected chi connectivity index (χ3v) is 2.72. The SMILES string of the molecule is CCCn1cc(CNc2ccc(C#N)cc2F)cn1. The monoisotopic (exact) mass is 258 g/mol. The summed E-state index contributed by atoms with van der Waals surface area (Å²) in [7, 11) is 0. The van der Waals surface area contributed by atoms with Crippen molar-refractivity contribution in [3.63, 3.8) is 0 Å². The van der Waals surface area contributed by atoms with Crippen LogP contribution in [0.2, 0.25) is 0 Å². The number of nitrogens with one attached hydrogen (secondary N) is 1. The van der Waals surface area contributed by atoms with Crippen LogP contribution in [0.3, 0.4) is 0 Å². The zero-order valence-electron chi connectivity index (χ0n) is 10.7. The number of nitriles is 1. The van der Waals surface area contributed by atoms with Crippen molar-refractivity contribution in [2.24, 2.45) is 0 Å². The van der Waals surface area contributed by atoms with Crippen molar-refractivity contribution in [1.29, 1.82) is 5.26 Å². The van der Waals surface area contributed by atoms with Crippen LogP contribution in [0.1, 0.15) is 24.5 Å². The topological polar surface area (TPSA) is 53.6 Å². The number of benzene rings is 1. The smallest absolute Gasteiger partial charge is 0.147 e. The van der Waals surface area contributed by atoms with E-state index in [-0.39, 0.29) is 0 Å². The van der Waals surface area contributed by atoms with E-state index < -0.39 is 5.82 Å². The molecule has 2 rings (SSSR count). The Hall–Kier alpha value is -2.35. The lowest BCUT2D eigenvalue weighted by Gasteiger charge is -2.06. The first-order valence-electron chi connectivity index (χ1n) is 6.17. The fourth-order valence-corrected chi connectivity index (χ4v) is 1.77. The van der Waals surface area contributed by atoms with Crippen molar-refractivity contribution in [3.05, 3.63) is 47.5 Å². The number of nitrogens with zero attached hydrogens (tertiary/aromatic N) is 3. The van der Waals surface area contributed by atoms with Gasteiger partial charge in [-0.3, -0.25) is 4.68 Å². The van der Waals surface area contributed by atoms with E-state index in [0.29, 0.717) is 17.8 Å². The first kappa shape index (κ1) is 13.1. The molecular weight excluding hydrogens is 243 g/mol. The fourth-order valence-electron chi connectivity index (χ4n) is 1.77. The third-order valence-electron chi connectivity index (χ3n) is 2.72. The summed E-state index contributed by atoms with van der Waals surface area (Å²) in [5.74, 6) is -0.417. The normalized spacial score (nSPS) is 10.2. The maximum Gasteiger partial charge on any atom is 0.147 e. The van der Waals surface area contributed by atoms with E-state index in [1.165, 1.54) is 6.07 Å². The van der Waals surface area contributed by atoms with Crippen LogP contribution < -0.4 is 5.32 Å². The van der Waals surface area contributed by atoms with Crippen molar-refractivity contribution in [2.45, 2.75) is 26.4 Å². The molecule has 1 aromatic carbocycles. The minimum absolute atomic E-state index is 0.318. The van der Waals surface area contributed by atoms with Gasteiger partial charge >= 0.3 is 0 Å². The van der Waals surface area contributed by atoms with E-state index >= 15 is 0 Å². The molecule has 1 N–H and O–H groups in total. The Morgan fingerprint density at radius 2 is 2.32 bits per heavy atom. The molecule has 0 amide bonds. The highest BCUT2D eigenvalue weighted by atomic mass is 19.1. The van der Waals surface area contributed by atoms with Gasteiger partial charge in [-0.1, -0.05) is 6.92 Å². The Morgan fingerprint density at radius 3 is 3.00 bits per heavy atom. The number of aromatic nitrogens is 2. The number of hydrogen-bond donors (Lipinski definition) is 1. The van der Waals surface area contributed by atoms with Gasteiger partial charge in [0.1, 0.15) is 5.82 Å². The number of anilines is 1. The molecule has 0 saturated carbocycles. The third kappa shape index (κ3) is 3.32. The predicted molar refractivity (Wildman–Crippen MR) is 71.0 cm³/mol. The van der Waals surface area contributed by atoms with Gasteiger partial charge in [0.15, 0.2) is 0 Å². The number of hydrogen-bond acceptors (Lipinski definition) is 3. The largest absolute Gasteiger partial charge is 0.378 e. The molecule has 0 radical (unpaired) electrons. The summed E-state index contributed by atoms with van der Waals surface area (Å²) in [6, 6.07) is 6.29. The van der Waals surface area contributed by atoms with E-state index in [2.05, 4.69) is 17.3 Å². The molecule has 0 atom stereocenters. The zero-order chi connectivity index (χ0) is 13.7. The molecule has 1 aromatic heterocycles.